The molecule has 1 N–H and O–H groups in total. The van der Waals surface area contributed by atoms with Crippen LogP contribution in [0.5, 0.6) is 0 Å². The number of benzene rings is 1. The van der Waals surface area contributed by atoms with Crippen LogP contribution in [0.25, 0.3) is 0 Å². The average molecular weight is 289 g/mol. The van der Waals surface area contributed by atoms with Gasteiger partial charge in [-0.15, -0.1) is 0 Å². The Labute approximate surface area is 115 Å². The molecule has 0 heterocycles. The van der Waals surface area contributed by atoms with Gasteiger partial charge in [0, 0.05) is 12.1 Å². The number of hydrogen-bond acceptors (Lipinski definition) is 3. The second-order valence-corrected chi connectivity index (χ2v) is 5.48. The minimum absolute atomic E-state index is 0.0319. The predicted molar refractivity (Wildman–Crippen MR) is 73.5 cm³/mol. The van der Waals surface area contributed by atoms with Crippen LogP contribution in [-0.2, 0) is 0 Å². The molecule has 1 aliphatic carbocycles. The van der Waals surface area contributed by atoms with Gasteiger partial charge in [0.1, 0.15) is 5.69 Å². The highest BCUT2D eigenvalue weighted by atomic mass is 35.5. The summed E-state index contributed by atoms with van der Waals surface area (Å²) in [6, 6.07) is 3.02. The number of nitrogens with zero attached hydrogens (tertiary/aromatic N) is 1. The van der Waals surface area contributed by atoms with Gasteiger partial charge in [0.25, 0.3) is 5.69 Å². The monoisotopic (exact) mass is 288 g/mol. The summed E-state index contributed by atoms with van der Waals surface area (Å²) in [6.45, 7) is 2.04. The number of rotatable bonds is 4. The number of nitro groups is 1. The number of halogens is 2. The van der Waals surface area contributed by atoms with Crippen LogP contribution in [0.1, 0.15) is 26.2 Å². The molecule has 1 aliphatic rings. The van der Waals surface area contributed by atoms with Crippen molar-refractivity contribution in [2.75, 3.05) is 5.32 Å². The molecule has 1 aromatic rings. The zero-order valence-corrected chi connectivity index (χ0v) is 11.5. The van der Waals surface area contributed by atoms with Crippen molar-refractivity contribution in [3.05, 3.63) is 32.3 Å². The normalized spacial score (nSPS) is 17.1. The molecule has 0 aromatic heterocycles. The van der Waals surface area contributed by atoms with Gasteiger partial charge in [-0.1, -0.05) is 29.6 Å². The maximum absolute atomic E-state index is 11.0. The van der Waals surface area contributed by atoms with E-state index in [0.29, 0.717) is 16.6 Å². The lowest BCUT2D eigenvalue weighted by atomic mass is 9.80. The molecule has 2 rings (SSSR count). The third-order valence-corrected chi connectivity index (χ3v) is 4.20. The average Bonchev–Trinajstić information content (AvgIpc) is 2.19. The molecule has 0 spiro atoms. The van der Waals surface area contributed by atoms with Crippen molar-refractivity contribution in [3.8, 4) is 0 Å². The zero-order valence-electron chi connectivity index (χ0n) is 9.95. The van der Waals surface area contributed by atoms with Gasteiger partial charge in [-0.2, -0.15) is 0 Å². The largest absolute Gasteiger partial charge is 0.377 e. The number of nitrogens with one attached hydrogen (secondary N) is 1. The Hall–Kier alpha value is -1.00. The number of anilines is 1. The summed E-state index contributed by atoms with van der Waals surface area (Å²) in [4.78, 5) is 10.5. The summed E-state index contributed by atoms with van der Waals surface area (Å²) in [5.41, 5.74) is 0.407. The van der Waals surface area contributed by atoms with Crippen molar-refractivity contribution in [3.63, 3.8) is 0 Å². The van der Waals surface area contributed by atoms with E-state index in [9.17, 15) is 10.1 Å². The predicted octanol–water partition coefficient (Wildman–Crippen LogP) is 4.50. The Bertz CT molecular complexity index is 475. The standard InChI is InChI=1S/C12H14Cl2N2O2/c1-7(8-3-2-4-8)15-11-5-9(13)10(14)6-12(11)16(17)18/h5-8,15H,2-4H2,1H3. The van der Waals surface area contributed by atoms with E-state index in [4.69, 9.17) is 23.2 Å². The van der Waals surface area contributed by atoms with Crippen LogP contribution in [-0.4, -0.2) is 11.0 Å². The second-order valence-electron chi connectivity index (χ2n) is 4.66. The summed E-state index contributed by atoms with van der Waals surface area (Å²) in [6.07, 6.45) is 3.58. The van der Waals surface area contributed by atoms with Gasteiger partial charge in [-0.05, 0) is 31.7 Å². The second kappa shape index (κ2) is 5.33. The summed E-state index contributed by atoms with van der Waals surface area (Å²) >= 11 is 11.7. The van der Waals surface area contributed by atoms with E-state index in [0.717, 1.165) is 0 Å². The Balaban J connectivity index is 2.24. The first-order valence-corrected chi connectivity index (χ1v) is 6.64. The highest BCUT2D eigenvalue weighted by molar-refractivity contribution is 6.42. The zero-order chi connectivity index (χ0) is 13.3. The number of hydrogen-bond donors (Lipinski definition) is 1. The van der Waals surface area contributed by atoms with E-state index >= 15 is 0 Å². The minimum atomic E-state index is -0.446. The molecule has 4 nitrogen and oxygen atoms in total. The Morgan fingerprint density at radius 2 is 2.00 bits per heavy atom. The number of nitro benzene ring substituents is 1. The summed E-state index contributed by atoms with van der Waals surface area (Å²) in [5.74, 6) is 0.582. The van der Waals surface area contributed by atoms with E-state index in [1.54, 1.807) is 0 Å². The van der Waals surface area contributed by atoms with Crippen LogP contribution in [0.2, 0.25) is 10.0 Å². The Kier molecular flexibility index (Phi) is 3.97. The van der Waals surface area contributed by atoms with Gasteiger partial charge in [-0.3, -0.25) is 10.1 Å². The molecule has 1 saturated carbocycles. The quantitative estimate of drug-likeness (QED) is 0.655. The minimum Gasteiger partial charge on any atom is -0.377 e. The lowest BCUT2D eigenvalue weighted by Crippen LogP contribution is -2.31. The molecule has 0 amide bonds. The van der Waals surface area contributed by atoms with E-state index < -0.39 is 4.92 Å². The SMILES string of the molecule is CC(Nc1cc(Cl)c(Cl)cc1[N+](=O)[O-])C1CCC1. The lowest BCUT2D eigenvalue weighted by Gasteiger charge is -2.32. The van der Waals surface area contributed by atoms with Crippen LogP contribution in [0.3, 0.4) is 0 Å². The molecule has 18 heavy (non-hydrogen) atoms. The fourth-order valence-corrected chi connectivity index (χ4v) is 2.43. The first-order valence-electron chi connectivity index (χ1n) is 5.89. The molecule has 0 bridgehead atoms. The molecule has 0 radical (unpaired) electrons. The molecule has 98 valence electrons. The topological polar surface area (TPSA) is 55.2 Å². The molecule has 6 heteroatoms. The van der Waals surface area contributed by atoms with Crippen molar-refractivity contribution >= 4 is 34.6 Å². The highest BCUT2D eigenvalue weighted by Gasteiger charge is 2.26. The Morgan fingerprint density at radius 3 is 2.50 bits per heavy atom. The van der Waals surface area contributed by atoms with Crippen molar-refractivity contribution in [1.29, 1.82) is 0 Å². The van der Waals surface area contributed by atoms with E-state index in [1.165, 1.54) is 31.4 Å². The van der Waals surface area contributed by atoms with Gasteiger partial charge >= 0.3 is 0 Å². The molecule has 1 fully saturated rings. The highest BCUT2D eigenvalue weighted by Crippen LogP contribution is 2.37. The van der Waals surface area contributed by atoms with Gasteiger partial charge in [0.05, 0.1) is 15.0 Å². The maximum atomic E-state index is 11.0. The Morgan fingerprint density at radius 1 is 1.39 bits per heavy atom. The van der Waals surface area contributed by atoms with Gasteiger partial charge in [0.15, 0.2) is 0 Å². The molecule has 1 atom stereocenters. The van der Waals surface area contributed by atoms with Crippen LogP contribution in [0.15, 0.2) is 12.1 Å². The molecular weight excluding hydrogens is 275 g/mol. The molecule has 1 unspecified atom stereocenters. The van der Waals surface area contributed by atoms with Crippen molar-refractivity contribution < 1.29 is 4.92 Å². The third-order valence-electron chi connectivity index (χ3n) is 3.48. The first-order chi connectivity index (χ1) is 8.49. The van der Waals surface area contributed by atoms with E-state index in [-0.39, 0.29) is 16.8 Å². The summed E-state index contributed by atoms with van der Waals surface area (Å²) in [7, 11) is 0. The van der Waals surface area contributed by atoms with E-state index in [2.05, 4.69) is 5.32 Å². The summed E-state index contributed by atoms with van der Waals surface area (Å²) in [5, 5.41) is 14.7. The third kappa shape index (κ3) is 2.70. The lowest BCUT2D eigenvalue weighted by molar-refractivity contribution is -0.384. The van der Waals surface area contributed by atoms with E-state index in [1.807, 2.05) is 6.92 Å². The fourth-order valence-electron chi connectivity index (χ4n) is 2.11. The molecule has 0 aliphatic heterocycles. The van der Waals surface area contributed by atoms with Crippen LogP contribution >= 0.6 is 23.2 Å². The van der Waals surface area contributed by atoms with Crippen molar-refractivity contribution in [2.45, 2.75) is 32.2 Å². The van der Waals surface area contributed by atoms with Crippen LogP contribution < -0.4 is 5.32 Å². The first kappa shape index (κ1) is 13.4. The fraction of sp³-hybridized carbons (Fsp3) is 0.500. The van der Waals surface area contributed by atoms with Crippen LogP contribution in [0.4, 0.5) is 11.4 Å². The maximum Gasteiger partial charge on any atom is 0.293 e. The van der Waals surface area contributed by atoms with Gasteiger partial charge in [-0.25, -0.2) is 0 Å². The van der Waals surface area contributed by atoms with Gasteiger partial charge < -0.3 is 5.32 Å². The molecular formula is C12H14Cl2N2O2. The van der Waals surface area contributed by atoms with Crippen molar-refractivity contribution in [2.24, 2.45) is 5.92 Å². The van der Waals surface area contributed by atoms with Crippen LogP contribution in [0, 0.1) is 16.0 Å². The molecule has 0 saturated heterocycles. The smallest absolute Gasteiger partial charge is 0.293 e. The molecule has 1 aromatic carbocycles. The van der Waals surface area contributed by atoms with Crippen molar-refractivity contribution in [1.82, 2.24) is 0 Å². The van der Waals surface area contributed by atoms with Gasteiger partial charge in [0.2, 0.25) is 0 Å². The summed E-state index contributed by atoms with van der Waals surface area (Å²) < 4.78 is 0.